The smallest absolute Gasteiger partial charge is 0.271 e. The first-order valence-corrected chi connectivity index (χ1v) is 8.38. The molecule has 3 heterocycles. The normalized spacial score (nSPS) is 10.8. The highest BCUT2D eigenvalue weighted by atomic mass is 32.1. The lowest BCUT2D eigenvalue weighted by Crippen LogP contribution is -2.23. The lowest BCUT2D eigenvalue weighted by atomic mass is 10.2. The molecule has 1 amide bonds. The number of benzene rings is 1. The molecule has 0 aliphatic rings. The zero-order valence-electron chi connectivity index (χ0n) is 12.7. The van der Waals surface area contributed by atoms with Gasteiger partial charge in [0.25, 0.3) is 5.91 Å². The Kier molecular flexibility index (Phi) is 3.80. The topological polar surface area (TPSA) is 70.7 Å². The van der Waals surface area contributed by atoms with Gasteiger partial charge in [0.1, 0.15) is 10.7 Å². The summed E-state index contributed by atoms with van der Waals surface area (Å²) in [5.41, 5.74) is 3.42. The van der Waals surface area contributed by atoms with E-state index in [1.807, 2.05) is 42.5 Å². The molecule has 0 saturated carbocycles. The summed E-state index contributed by atoms with van der Waals surface area (Å²) in [6.45, 7) is 0.459. The van der Waals surface area contributed by atoms with Gasteiger partial charge in [-0.1, -0.05) is 18.2 Å². The van der Waals surface area contributed by atoms with Gasteiger partial charge in [-0.15, -0.1) is 11.3 Å². The van der Waals surface area contributed by atoms with Gasteiger partial charge in [-0.25, -0.2) is 4.98 Å². The van der Waals surface area contributed by atoms with Crippen LogP contribution in [-0.2, 0) is 6.54 Å². The number of aromatic nitrogens is 3. The molecule has 1 aromatic carbocycles. The third kappa shape index (κ3) is 2.91. The lowest BCUT2D eigenvalue weighted by molar-refractivity contribution is 0.0946. The van der Waals surface area contributed by atoms with Gasteiger partial charge in [-0.3, -0.25) is 9.78 Å². The van der Waals surface area contributed by atoms with E-state index in [0.29, 0.717) is 12.2 Å². The quantitative estimate of drug-likeness (QED) is 0.599. The van der Waals surface area contributed by atoms with Crippen molar-refractivity contribution in [2.75, 3.05) is 0 Å². The molecule has 5 nitrogen and oxygen atoms in total. The summed E-state index contributed by atoms with van der Waals surface area (Å²) in [5.74, 6) is -0.176. The van der Waals surface area contributed by atoms with E-state index in [0.717, 1.165) is 27.2 Å². The molecule has 0 unspecified atom stereocenters. The summed E-state index contributed by atoms with van der Waals surface area (Å²) < 4.78 is 0. The molecule has 0 saturated heterocycles. The van der Waals surface area contributed by atoms with Crippen molar-refractivity contribution in [1.29, 1.82) is 0 Å². The van der Waals surface area contributed by atoms with Crippen molar-refractivity contribution in [2.45, 2.75) is 6.54 Å². The maximum atomic E-state index is 12.2. The molecule has 6 heteroatoms. The van der Waals surface area contributed by atoms with E-state index in [-0.39, 0.29) is 5.91 Å². The van der Waals surface area contributed by atoms with Gasteiger partial charge in [0, 0.05) is 35.2 Å². The summed E-state index contributed by atoms with van der Waals surface area (Å²) in [5, 5.41) is 6.59. The van der Waals surface area contributed by atoms with E-state index >= 15 is 0 Å². The molecule has 0 aliphatic carbocycles. The number of carbonyl (C=O) groups excluding carboxylic acids is 1. The SMILES string of the molecule is O=C(NCc1ccncc1)c1csc(-c2cc3ccccc3[nH]2)n1. The van der Waals surface area contributed by atoms with E-state index in [2.05, 4.69) is 20.3 Å². The van der Waals surface area contributed by atoms with Crippen LogP contribution in [0.4, 0.5) is 0 Å². The van der Waals surface area contributed by atoms with Gasteiger partial charge < -0.3 is 10.3 Å². The summed E-state index contributed by atoms with van der Waals surface area (Å²) in [4.78, 5) is 24.0. The van der Waals surface area contributed by atoms with Crippen LogP contribution in [0.5, 0.6) is 0 Å². The van der Waals surface area contributed by atoms with E-state index in [1.165, 1.54) is 11.3 Å². The number of H-pyrrole nitrogens is 1. The van der Waals surface area contributed by atoms with Crippen LogP contribution in [0.1, 0.15) is 16.1 Å². The maximum absolute atomic E-state index is 12.2. The van der Waals surface area contributed by atoms with Crippen molar-refractivity contribution >= 4 is 28.1 Å². The number of hydrogen-bond donors (Lipinski definition) is 2. The zero-order chi connectivity index (χ0) is 16.4. The van der Waals surface area contributed by atoms with Crippen LogP contribution in [0.25, 0.3) is 21.6 Å². The number of aromatic amines is 1. The number of para-hydroxylation sites is 1. The Morgan fingerprint density at radius 1 is 1.17 bits per heavy atom. The molecule has 0 spiro atoms. The van der Waals surface area contributed by atoms with Crippen LogP contribution in [0.3, 0.4) is 0 Å². The van der Waals surface area contributed by atoms with Crippen molar-refractivity contribution < 1.29 is 4.79 Å². The Labute approximate surface area is 142 Å². The number of nitrogens with one attached hydrogen (secondary N) is 2. The van der Waals surface area contributed by atoms with Crippen molar-refractivity contribution in [3.63, 3.8) is 0 Å². The van der Waals surface area contributed by atoms with Crippen LogP contribution in [0.15, 0.2) is 60.2 Å². The largest absolute Gasteiger partial charge is 0.353 e. The van der Waals surface area contributed by atoms with Crippen LogP contribution in [0.2, 0.25) is 0 Å². The Bertz CT molecular complexity index is 957. The molecule has 0 fully saturated rings. The molecule has 0 radical (unpaired) electrons. The highest BCUT2D eigenvalue weighted by molar-refractivity contribution is 7.13. The Morgan fingerprint density at radius 3 is 2.83 bits per heavy atom. The zero-order valence-corrected chi connectivity index (χ0v) is 13.5. The maximum Gasteiger partial charge on any atom is 0.271 e. The fourth-order valence-electron chi connectivity index (χ4n) is 2.46. The van der Waals surface area contributed by atoms with Crippen molar-refractivity contribution in [2.24, 2.45) is 0 Å². The monoisotopic (exact) mass is 334 g/mol. The van der Waals surface area contributed by atoms with Gasteiger partial charge in [0.2, 0.25) is 0 Å². The fraction of sp³-hybridized carbons (Fsp3) is 0.0556. The fourth-order valence-corrected chi connectivity index (χ4v) is 3.23. The molecule has 0 atom stereocenters. The molecule has 0 bridgehead atoms. The minimum absolute atomic E-state index is 0.176. The van der Waals surface area contributed by atoms with E-state index in [1.54, 1.807) is 17.8 Å². The second kappa shape index (κ2) is 6.25. The standard InChI is InChI=1S/C18H14N4OS/c23-17(20-10-12-5-7-19-8-6-12)16-11-24-18(22-16)15-9-13-3-1-2-4-14(13)21-15/h1-9,11,21H,10H2,(H,20,23). The Balaban J connectivity index is 1.50. The number of carbonyl (C=O) groups is 1. The van der Waals surface area contributed by atoms with E-state index < -0.39 is 0 Å². The van der Waals surface area contributed by atoms with Gasteiger partial charge in [-0.2, -0.15) is 0 Å². The molecule has 3 aromatic heterocycles. The minimum Gasteiger partial charge on any atom is -0.353 e. The van der Waals surface area contributed by atoms with Crippen LogP contribution in [0, 0.1) is 0 Å². The van der Waals surface area contributed by atoms with Gasteiger partial charge >= 0.3 is 0 Å². The molecule has 0 aliphatic heterocycles. The lowest BCUT2D eigenvalue weighted by Gasteiger charge is -2.02. The average molecular weight is 334 g/mol. The van der Waals surface area contributed by atoms with Gasteiger partial charge in [0.15, 0.2) is 0 Å². The summed E-state index contributed by atoms with van der Waals surface area (Å²) in [6, 6.07) is 13.9. The molecule has 24 heavy (non-hydrogen) atoms. The highest BCUT2D eigenvalue weighted by Gasteiger charge is 2.13. The second-order valence-corrected chi connectivity index (χ2v) is 6.20. The van der Waals surface area contributed by atoms with Crippen LogP contribution in [-0.4, -0.2) is 20.9 Å². The average Bonchev–Trinajstić information content (AvgIpc) is 3.27. The summed E-state index contributed by atoms with van der Waals surface area (Å²) in [6.07, 6.45) is 3.41. The third-order valence-corrected chi connectivity index (χ3v) is 4.58. The molecular formula is C18H14N4OS. The first-order valence-electron chi connectivity index (χ1n) is 7.50. The number of thiazole rings is 1. The summed E-state index contributed by atoms with van der Waals surface area (Å²) >= 11 is 1.45. The number of hydrogen-bond acceptors (Lipinski definition) is 4. The molecular weight excluding hydrogens is 320 g/mol. The van der Waals surface area contributed by atoms with E-state index in [9.17, 15) is 4.79 Å². The predicted octanol–water partition coefficient (Wildman–Crippen LogP) is 3.62. The van der Waals surface area contributed by atoms with Gasteiger partial charge in [0.05, 0.1) is 5.69 Å². The molecule has 2 N–H and O–H groups in total. The Morgan fingerprint density at radius 2 is 2.00 bits per heavy atom. The number of pyridine rings is 1. The minimum atomic E-state index is -0.176. The van der Waals surface area contributed by atoms with Crippen LogP contribution < -0.4 is 5.32 Å². The highest BCUT2D eigenvalue weighted by Crippen LogP contribution is 2.26. The number of amides is 1. The number of rotatable bonds is 4. The van der Waals surface area contributed by atoms with Crippen molar-refractivity contribution in [3.8, 4) is 10.7 Å². The molecule has 4 rings (SSSR count). The summed E-state index contributed by atoms with van der Waals surface area (Å²) in [7, 11) is 0. The van der Waals surface area contributed by atoms with Crippen LogP contribution >= 0.6 is 11.3 Å². The third-order valence-electron chi connectivity index (χ3n) is 3.70. The predicted molar refractivity (Wildman–Crippen MR) is 94.8 cm³/mol. The molecule has 4 aromatic rings. The number of nitrogens with zero attached hydrogens (tertiary/aromatic N) is 2. The second-order valence-electron chi connectivity index (χ2n) is 5.35. The van der Waals surface area contributed by atoms with Crippen molar-refractivity contribution in [1.82, 2.24) is 20.3 Å². The van der Waals surface area contributed by atoms with Crippen molar-refractivity contribution in [3.05, 3.63) is 71.5 Å². The number of fused-ring (bicyclic) bond motifs is 1. The Hall–Kier alpha value is -2.99. The molecule has 118 valence electrons. The van der Waals surface area contributed by atoms with Gasteiger partial charge in [-0.05, 0) is 29.8 Å². The first kappa shape index (κ1) is 14.6. The first-order chi connectivity index (χ1) is 11.8. The van der Waals surface area contributed by atoms with E-state index in [4.69, 9.17) is 0 Å².